The lowest BCUT2D eigenvalue weighted by Gasteiger charge is -2.24. The lowest BCUT2D eigenvalue weighted by atomic mass is 9.96. The SMILES string of the molecule is CC(=CCOc1c2occc2cc2ccc(=O)oc12)CC[C@H](O)C(C)(C)O. The molecule has 6 heteroatoms. The summed E-state index contributed by atoms with van der Waals surface area (Å²) in [5.41, 5.74) is 0.331. The van der Waals surface area contributed by atoms with E-state index in [0.29, 0.717) is 29.8 Å². The molecule has 0 fully saturated rings. The van der Waals surface area contributed by atoms with E-state index < -0.39 is 17.3 Å². The van der Waals surface area contributed by atoms with Crippen molar-refractivity contribution in [2.45, 2.75) is 45.3 Å². The molecular weight excluding hydrogens is 348 g/mol. The minimum Gasteiger partial charge on any atom is -0.482 e. The fourth-order valence-electron chi connectivity index (χ4n) is 2.82. The third-order valence-electron chi connectivity index (χ3n) is 4.57. The van der Waals surface area contributed by atoms with Crippen LogP contribution in [0.3, 0.4) is 0 Å². The number of hydrogen-bond acceptors (Lipinski definition) is 6. The van der Waals surface area contributed by atoms with Crippen LogP contribution in [-0.2, 0) is 0 Å². The van der Waals surface area contributed by atoms with Gasteiger partial charge in [-0.05, 0) is 57.9 Å². The number of ether oxygens (including phenoxy) is 1. The van der Waals surface area contributed by atoms with E-state index in [1.807, 2.05) is 25.1 Å². The van der Waals surface area contributed by atoms with E-state index in [0.717, 1.165) is 16.3 Å². The second-order valence-electron chi connectivity index (χ2n) is 7.29. The van der Waals surface area contributed by atoms with Crippen LogP contribution >= 0.6 is 0 Å². The topological polar surface area (TPSA) is 93.0 Å². The molecule has 0 saturated carbocycles. The molecule has 0 aliphatic carbocycles. The van der Waals surface area contributed by atoms with Gasteiger partial charge in [0.05, 0.1) is 18.0 Å². The Hall–Kier alpha value is -2.57. The van der Waals surface area contributed by atoms with Crippen molar-refractivity contribution in [2.75, 3.05) is 6.61 Å². The van der Waals surface area contributed by atoms with Gasteiger partial charge in [-0.2, -0.15) is 0 Å². The van der Waals surface area contributed by atoms with E-state index in [4.69, 9.17) is 13.6 Å². The Balaban J connectivity index is 1.77. The predicted octanol–water partition coefficient (Wildman–Crippen LogP) is 3.78. The zero-order chi connectivity index (χ0) is 19.6. The Kier molecular flexibility index (Phi) is 5.39. The number of furan rings is 1. The summed E-state index contributed by atoms with van der Waals surface area (Å²) in [6, 6.07) is 6.77. The Morgan fingerprint density at radius 2 is 2.00 bits per heavy atom. The van der Waals surface area contributed by atoms with Gasteiger partial charge in [-0.25, -0.2) is 4.79 Å². The van der Waals surface area contributed by atoms with Crippen LogP contribution in [-0.4, -0.2) is 28.5 Å². The molecule has 0 aliphatic rings. The highest BCUT2D eigenvalue weighted by atomic mass is 16.5. The van der Waals surface area contributed by atoms with Crippen molar-refractivity contribution in [3.8, 4) is 5.75 Å². The third kappa shape index (κ3) is 4.40. The highest BCUT2D eigenvalue weighted by Crippen LogP contribution is 2.35. The van der Waals surface area contributed by atoms with Gasteiger partial charge in [-0.1, -0.05) is 5.57 Å². The molecule has 2 N–H and O–H groups in total. The van der Waals surface area contributed by atoms with E-state index in [1.165, 1.54) is 6.07 Å². The maximum atomic E-state index is 11.6. The van der Waals surface area contributed by atoms with Crippen molar-refractivity contribution in [3.05, 3.63) is 52.6 Å². The molecule has 1 atom stereocenters. The maximum Gasteiger partial charge on any atom is 0.336 e. The standard InChI is InChI=1S/C21H24O6/c1-13(4-6-16(22)21(2,3)24)8-10-26-20-18-15(9-11-25-18)12-14-5-7-17(23)27-19(14)20/h5,7-9,11-12,16,22,24H,4,6,10H2,1-3H3/t16-/m0/s1. The number of fused-ring (bicyclic) bond motifs is 2. The van der Waals surface area contributed by atoms with Crippen molar-refractivity contribution in [1.29, 1.82) is 0 Å². The van der Waals surface area contributed by atoms with Gasteiger partial charge in [0, 0.05) is 16.8 Å². The molecule has 3 rings (SSSR count). The molecule has 0 radical (unpaired) electrons. The van der Waals surface area contributed by atoms with Crippen molar-refractivity contribution in [3.63, 3.8) is 0 Å². The molecule has 0 bridgehead atoms. The van der Waals surface area contributed by atoms with Crippen LogP contribution in [0.25, 0.3) is 21.9 Å². The summed E-state index contributed by atoms with van der Waals surface area (Å²) in [6.45, 7) is 5.37. The van der Waals surface area contributed by atoms with Crippen LogP contribution in [0.2, 0.25) is 0 Å². The van der Waals surface area contributed by atoms with E-state index in [-0.39, 0.29) is 6.61 Å². The number of hydrogen-bond donors (Lipinski definition) is 2. The lowest BCUT2D eigenvalue weighted by molar-refractivity contribution is -0.0509. The third-order valence-corrected chi connectivity index (χ3v) is 4.57. The Labute approximate surface area is 156 Å². The molecule has 2 aromatic heterocycles. The van der Waals surface area contributed by atoms with Gasteiger partial charge in [-0.3, -0.25) is 0 Å². The second kappa shape index (κ2) is 7.58. The normalized spacial score (nSPS) is 14.0. The Morgan fingerprint density at radius 1 is 1.26 bits per heavy atom. The van der Waals surface area contributed by atoms with E-state index >= 15 is 0 Å². The zero-order valence-corrected chi connectivity index (χ0v) is 15.7. The first-order valence-electron chi connectivity index (χ1n) is 8.88. The highest BCUT2D eigenvalue weighted by Gasteiger charge is 2.23. The summed E-state index contributed by atoms with van der Waals surface area (Å²) >= 11 is 0. The quantitative estimate of drug-likeness (QED) is 0.484. The van der Waals surface area contributed by atoms with Crippen molar-refractivity contribution in [2.24, 2.45) is 0 Å². The average molecular weight is 372 g/mol. The summed E-state index contributed by atoms with van der Waals surface area (Å²) < 4.78 is 16.7. The summed E-state index contributed by atoms with van der Waals surface area (Å²) in [6.07, 6.45) is 3.75. The number of allylic oxidation sites excluding steroid dienone is 1. The predicted molar refractivity (Wildman–Crippen MR) is 103 cm³/mol. The summed E-state index contributed by atoms with van der Waals surface area (Å²) in [7, 11) is 0. The summed E-state index contributed by atoms with van der Waals surface area (Å²) in [5, 5.41) is 21.3. The first kappa shape index (κ1) is 19.2. The largest absolute Gasteiger partial charge is 0.482 e. The van der Waals surface area contributed by atoms with Crippen LogP contribution in [0.4, 0.5) is 0 Å². The maximum absolute atomic E-state index is 11.6. The molecule has 3 aromatic rings. The number of benzene rings is 1. The van der Waals surface area contributed by atoms with Crippen LogP contribution in [0.1, 0.15) is 33.6 Å². The highest BCUT2D eigenvalue weighted by molar-refractivity contribution is 5.99. The lowest BCUT2D eigenvalue weighted by Crippen LogP contribution is -2.35. The minimum atomic E-state index is -1.12. The van der Waals surface area contributed by atoms with E-state index in [9.17, 15) is 15.0 Å². The van der Waals surface area contributed by atoms with Crippen LogP contribution in [0.15, 0.2) is 55.8 Å². The zero-order valence-electron chi connectivity index (χ0n) is 15.7. The van der Waals surface area contributed by atoms with Crippen molar-refractivity contribution in [1.82, 2.24) is 0 Å². The first-order valence-corrected chi connectivity index (χ1v) is 8.88. The van der Waals surface area contributed by atoms with Gasteiger partial charge >= 0.3 is 5.63 Å². The fraction of sp³-hybridized carbons (Fsp3) is 0.381. The number of aliphatic hydroxyl groups excluding tert-OH is 1. The number of aliphatic hydroxyl groups is 2. The summed E-state index contributed by atoms with van der Waals surface area (Å²) in [4.78, 5) is 11.6. The fourth-order valence-corrected chi connectivity index (χ4v) is 2.82. The van der Waals surface area contributed by atoms with Gasteiger partial charge in [0.25, 0.3) is 0 Å². The van der Waals surface area contributed by atoms with Gasteiger partial charge in [0.1, 0.15) is 6.61 Å². The van der Waals surface area contributed by atoms with Gasteiger partial charge in [0.2, 0.25) is 5.75 Å². The van der Waals surface area contributed by atoms with Gasteiger partial charge < -0.3 is 23.8 Å². The molecule has 144 valence electrons. The van der Waals surface area contributed by atoms with E-state index in [1.54, 1.807) is 26.2 Å². The van der Waals surface area contributed by atoms with Crippen molar-refractivity contribution >= 4 is 21.9 Å². The first-order chi connectivity index (χ1) is 12.8. The van der Waals surface area contributed by atoms with Crippen LogP contribution in [0, 0.1) is 0 Å². The molecule has 0 aliphatic heterocycles. The molecule has 6 nitrogen and oxygen atoms in total. The van der Waals surface area contributed by atoms with Gasteiger partial charge in [-0.15, -0.1) is 0 Å². The van der Waals surface area contributed by atoms with Gasteiger partial charge in [0.15, 0.2) is 11.2 Å². The molecule has 0 unspecified atom stereocenters. The number of rotatable bonds is 7. The molecule has 0 amide bonds. The molecule has 27 heavy (non-hydrogen) atoms. The summed E-state index contributed by atoms with van der Waals surface area (Å²) in [5.74, 6) is 0.394. The smallest absolute Gasteiger partial charge is 0.336 e. The monoisotopic (exact) mass is 372 g/mol. The Bertz CT molecular complexity index is 1020. The molecule has 0 saturated heterocycles. The van der Waals surface area contributed by atoms with Crippen LogP contribution in [0.5, 0.6) is 5.75 Å². The molecule has 1 aromatic carbocycles. The second-order valence-corrected chi connectivity index (χ2v) is 7.29. The molecular formula is C21H24O6. The van der Waals surface area contributed by atoms with E-state index in [2.05, 4.69) is 0 Å². The van der Waals surface area contributed by atoms with Crippen molar-refractivity contribution < 1.29 is 23.8 Å². The Morgan fingerprint density at radius 3 is 2.74 bits per heavy atom. The minimum absolute atomic E-state index is 0.262. The average Bonchev–Trinajstić information content (AvgIpc) is 3.06. The molecule has 2 heterocycles. The van der Waals surface area contributed by atoms with Crippen LogP contribution < -0.4 is 10.4 Å². The molecule has 0 spiro atoms.